The van der Waals surface area contributed by atoms with Gasteiger partial charge in [0.2, 0.25) is 0 Å². The number of imidazole rings is 1. The molecule has 1 unspecified atom stereocenters. The molecule has 0 bridgehead atoms. The number of hydrogen-bond donors (Lipinski definition) is 2. The van der Waals surface area contributed by atoms with Crippen molar-refractivity contribution < 1.29 is 0 Å². The number of nitrogens with one attached hydrogen (secondary N) is 2. The molecular weight excluding hydrogens is 505 g/mol. The molecule has 162 valence electrons. The molecule has 2 N–H and O–H groups in total. The molecule has 0 aliphatic rings. The van der Waals surface area contributed by atoms with Crippen molar-refractivity contribution in [2.75, 3.05) is 19.6 Å². The quantitative estimate of drug-likeness (QED) is 0.226. The molecule has 7 heteroatoms. The van der Waals surface area contributed by atoms with Crippen LogP contribution in [-0.2, 0) is 19.4 Å². The van der Waals surface area contributed by atoms with Crippen LogP contribution in [0.15, 0.2) is 65.2 Å². The van der Waals surface area contributed by atoms with Gasteiger partial charge in [-0.15, -0.1) is 35.3 Å². The first-order valence-corrected chi connectivity index (χ1v) is 11.2. The fourth-order valence-corrected chi connectivity index (χ4v) is 4.08. The van der Waals surface area contributed by atoms with Gasteiger partial charge in [-0.3, -0.25) is 4.99 Å². The Bertz CT molecular complexity index is 861. The molecule has 3 aromatic rings. The Hall–Kier alpha value is -1.87. The van der Waals surface area contributed by atoms with E-state index in [2.05, 4.69) is 75.8 Å². The maximum atomic E-state index is 4.77. The summed E-state index contributed by atoms with van der Waals surface area (Å²) in [5.74, 6) is 2.49. The zero-order valence-corrected chi connectivity index (χ0v) is 20.9. The van der Waals surface area contributed by atoms with Crippen molar-refractivity contribution in [3.63, 3.8) is 0 Å². The number of thiophene rings is 1. The Balaban J connectivity index is 0.00000320. The standard InChI is InChI=1S/C23H31N5S.HI/c1-3-24-23(27-17-19(2)16-21-10-7-15-29-21)26-12-11-22-25-13-14-28(22)18-20-8-5-4-6-9-20;/h4-10,13-15,19H,3,11-12,16-18H2,1-2H3,(H2,24,26,27);1H. The average molecular weight is 538 g/mol. The Kier molecular flexibility index (Phi) is 10.9. The first kappa shape index (κ1) is 24.4. The van der Waals surface area contributed by atoms with E-state index >= 15 is 0 Å². The molecule has 3 rings (SSSR count). The van der Waals surface area contributed by atoms with Crippen molar-refractivity contribution >= 4 is 41.3 Å². The normalized spacial score (nSPS) is 12.3. The van der Waals surface area contributed by atoms with Gasteiger partial charge in [-0.1, -0.05) is 43.3 Å². The van der Waals surface area contributed by atoms with E-state index in [1.807, 2.05) is 29.8 Å². The molecule has 0 radical (unpaired) electrons. The monoisotopic (exact) mass is 537 g/mol. The molecule has 2 heterocycles. The van der Waals surface area contributed by atoms with E-state index in [0.717, 1.165) is 50.8 Å². The number of rotatable bonds is 10. The van der Waals surface area contributed by atoms with Crippen LogP contribution in [0.3, 0.4) is 0 Å². The van der Waals surface area contributed by atoms with Crippen LogP contribution >= 0.6 is 35.3 Å². The van der Waals surface area contributed by atoms with Gasteiger partial charge in [-0.2, -0.15) is 0 Å². The lowest BCUT2D eigenvalue weighted by Gasteiger charge is -2.14. The van der Waals surface area contributed by atoms with Crippen molar-refractivity contribution in [3.05, 3.63) is 76.5 Å². The molecule has 0 spiro atoms. The van der Waals surface area contributed by atoms with E-state index in [-0.39, 0.29) is 24.0 Å². The summed E-state index contributed by atoms with van der Waals surface area (Å²) in [6.07, 6.45) is 5.87. The predicted molar refractivity (Wildman–Crippen MR) is 138 cm³/mol. The highest BCUT2D eigenvalue weighted by Gasteiger charge is 2.07. The number of benzene rings is 1. The Morgan fingerprint density at radius 3 is 2.73 bits per heavy atom. The van der Waals surface area contributed by atoms with Gasteiger partial charge in [-0.25, -0.2) is 4.98 Å². The Morgan fingerprint density at radius 2 is 2.00 bits per heavy atom. The first-order valence-electron chi connectivity index (χ1n) is 10.3. The van der Waals surface area contributed by atoms with Crippen LogP contribution in [0.25, 0.3) is 0 Å². The van der Waals surface area contributed by atoms with Crippen molar-refractivity contribution in [1.82, 2.24) is 20.2 Å². The topological polar surface area (TPSA) is 54.2 Å². The van der Waals surface area contributed by atoms with Gasteiger partial charge in [0.25, 0.3) is 0 Å². The summed E-state index contributed by atoms with van der Waals surface area (Å²) in [5.41, 5.74) is 1.29. The highest BCUT2D eigenvalue weighted by atomic mass is 127. The van der Waals surface area contributed by atoms with Crippen LogP contribution in [0.2, 0.25) is 0 Å². The molecule has 1 aromatic carbocycles. The Morgan fingerprint density at radius 1 is 1.17 bits per heavy atom. The van der Waals surface area contributed by atoms with E-state index in [1.165, 1.54) is 10.4 Å². The summed E-state index contributed by atoms with van der Waals surface area (Å²) in [6, 6.07) is 14.8. The SMILES string of the molecule is CCNC(=NCC(C)Cc1cccs1)NCCc1nccn1Cc1ccccc1.I. The van der Waals surface area contributed by atoms with Crippen LogP contribution in [0.4, 0.5) is 0 Å². The van der Waals surface area contributed by atoms with Gasteiger partial charge in [-0.05, 0) is 36.3 Å². The molecular formula is C23H32IN5S. The lowest BCUT2D eigenvalue weighted by Crippen LogP contribution is -2.39. The third-order valence-electron chi connectivity index (χ3n) is 4.67. The molecule has 30 heavy (non-hydrogen) atoms. The molecule has 0 fully saturated rings. The first-order chi connectivity index (χ1) is 14.2. The van der Waals surface area contributed by atoms with E-state index in [1.54, 1.807) is 0 Å². The number of guanidine groups is 1. The number of nitrogens with zero attached hydrogens (tertiary/aromatic N) is 3. The third kappa shape index (κ3) is 8.10. The van der Waals surface area contributed by atoms with Crippen molar-refractivity contribution in [3.8, 4) is 0 Å². The van der Waals surface area contributed by atoms with Crippen molar-refractivity contribution in [2.24, 2.45) is 10.9 Å². The van der Waals surface area contributed by atoms with Crippen LogP contribution in [0, 0.1) is 5.92 Å². The maximum Gasteiger partial charge on any atom is 0.191 e. The van der Waals surface area contributed by atoms with Gasteiger partial charge < -0.3 is 15.2 Å². The summed E-state index contributed by atoms with van der Waals surface area (Å²) in [6.45, 7) is 7.68. The number of aliphatic imine (C=N–C) groups is 1. The summed E-state index contributed by atoms with van der Waals surface area (Å²) < 4.78 is 2.21. The van der Waals surface area contributed by atoms with Gasteiger partial charge in [0.15, 0.2) is 5.96 Å². The van der Waals surface area contributed by atoms with Crippen LogP contribution in [-0.4, -0.2) is 35.1 Å². The van der Waals surface area contributed by atoms with E-state index in [9.17, 15) is 0 Å². The van der Waals surface area contributed by atoms with Crippen LogP contribution in [0.1, 0.15) is 30.1 Å². The highest BCUT2D eigenvalue weighted by molar-refractivity contribution is 14.0. The maximum absolute atomic E-state index is 4.77. The second kappa shape index (κ2) is 13.4. The molecule has 0 aliphatic carbocycles. The lowest BCUT2D eigenvalue weighted by molar-refractivity contribution is 0.594. The minimum absolute atomic E-state index is 0. The Labute approximate surface area is 201 Å². The minimum atomic E-state index is 0. The summed E-state index contributed by atoms with van der Waals surface area (Å²) in [5, 5.41) is 8.94. The second-order valence-electron chi connectivity index (χ2n) is 7.24. The highest BCUT2D eigenvalue weighted by Crippen LogP contribution is 2.14. The zero-order chi connectivity index (χ0) is 20.3. The number of halogens is 1. The van der Waals surface area contributed by atoms with Crippen molar-refractivity contribution in [2.45, 2.75) is 33.2 Å². The molecule has 0 aliphatic heterocycles. The van der Waals surface area contributed by atoms with E-state index in [0.29, 0.717) is 5.92 Å². The van der Waals surface area contributed by atoms with Gasteiger partial charge in [0, 0.05) is 49.9 Å². The smallest absolute Gasteiger partial charge is 0.191 e. The van der Waals surface area contributed by atoms with E-state index in [4.69, 9.17) is 4.99 Å². The van der Waals surface area contributed by atoms with Crippen LogP contribution < -0.4 is 10.6 Å². The number of hydrogen-bond acceptors (Lipinski definition) is 3. The van der Waals surface area contributed by atoms with Gasteiger partial charge in [0.05, 0.1) is 0 Å². The van der Waals surface area contributed by atoms with Crippen molar-refractivity contribution in [1.29, 1.82) is 0 Å². The van der Waals surface area contributed by atoms with Gasteiger partial charge in [0.1, 0.15) is 5.82 Å². The summed E-state index contributed by atoms with van der Waals surface area (Å²) in [4.78, 5) is 10.7. The molecule has 2 aromatic heterocycles. The zero-order valence-electron chi connectivity index (χ0n) is 17.8. The van der Waals surface area contributed by atoms with Gasteiger partial charge >= 0.3 is 0 Å². The largest absolute Gasteiger partial charge is 0.357 e. The minimum Gasteiger partial charge on any atom is -0.357 e. The molecule has 0 amide bonds. The molecule has 0 saturated heterocycles. The van der Waals surface area contributed by atoms with E-state index < -0.39 is 0 Å². The molecule has 0 saturated carbocycles. The fourth-order valence-electron chi connectivity index (χ4n) is 3.21. The second-order valence-corrected chi connectivity index (χ2v) is 8.27. The molecule has 1 atom stereocenters. The van der Waals surface area contributed by atoms with Crippen LogP contribution in [0.5, 0.6) is 0 Å². The average Bonchev–Trinajstić information content (AvgIpc) is 3.39. The fraction of sp³-hybridized carbons (Fsp3) is 0.391. The number of aromatic nitrogens is 2. The summed E-state index contributed by atoms with van der Waals surface area (Å²) in [7, 11) is 0. The lowest BCUT2D eigenvalue weighted by atomic mass is 10.1. The summed E-state index contributed by atoms with van der Waals surface area (Å²) >= 11 is 1.82. The molecule has 5 nitrogen and oxygen atoms in total. The third-order valence-corrected chi connectivity index (χ3v) is 5.57. The predicted octanol–water partition coefficient (Wildman–Crippen LogP) is 4.59.